The number of nitrogens with zero attached hydrogens (tertiary/aromatic N) is 1. The highest BCUT2D eigenvalue weighted by atomic mass is 35.5. The highest BCUT2D eigenvalue weighted by Gasteiger charge is 2.32. The van der Waals surface area contributed by atoms with Gasteiger partial charge in [0.05, 0.1) is 0 Å². The Morgan fingerprint density at radius 1 is 1.12 bits per heavy atom. The van der Waals surface area contributed by atoms with Gasteiger partial charge in [-0.1, -0.05) is 12.8 Å². The second kappa shape index (κ2) is 8.77. The lowest BCUT2D eigenvalue weighted by Crippen LogP contribution is -2.45. The largest absolute Gasteiger partial charge is 0.335 e. The van der Waals surface area contributed by atoms with Crippen molar-refractivity contribution in [3.8, 4) is 0 Å². The maximum atomic E-state index is 14.0. The average molecular weight is 359 g/mol. The molecule has 1 heterocycles. The van der Waals surface area contributed by atoms with Crippen LogP contribution in [0.3, 0.4) is 0 Å². The lowest BCUT2D eigenvalue weighted by atomic mass is 9.95. The first-order chi connectivity index (χ1) is 11.1. The molecule has 0 unspecified atom stereocenters. The van der Waals surface area contributed by atoms with E-state index >= 15 is 0 Å². The third-order valence-electron chi connectivity index (χ3n) is 5.09. The molecule has 1 N–H and O–H groups in total. The summed E-state index contributed by atoms with van der Waals surface area (Å²) >= 11 is 0. The Labute approximate surface area is 148 Å². The van der Waals surface area contributed by atoms with E-state index in [1.165, 1.54) is 6.07 Å². The standard InChI is InChI=1S/C18H24F2N2O.ClH/c19-15-5-6-17(20)14(11-15)12-22(16-3-1-2-4-16)18(23)13-7-9-21-10-8-13;/h5-6,11,13,16,21H,1-4,7-10,12H2;1H. The molecule has 1 saturated carbocycles. The van der Waals surface area contributed by atoms with Gasteiger partial charge in [0.25, 0.3) is 0 Å². The lowest BCUT2D eigenvalue weighted by Gasteiger charge is -2.34. The third-order valence-corrected chi connectivity index (χ3v) is 5.09. The normalized spacial score (nSPS) is 19.1. The molecule has 0 atom stereocenters. The summed E-state index contributed by atoms with van der Waals surface area (Å²) in [7, 11) is 0. The monoisotopic (exact) mass is 358 g/mol. The van der Waals surface area contributed by atoms with Gasteiger partial charge in [-0.3, -0.25) is 4.79 Å². The molecule has 3 rings (SSSR count). The van der Waals surface area contributed by atoms with E-state index in [9.17, 15) is 13.6 Å². The van der Waals surface area contributed by atoms with Crippen LogP contribution in [0.5, 0.6) is 0 Å². The topological polar surface area (TPSA) is 32.3 Å². The Morgan fingerprint density at radius 2 is 1.79 bits per heavy atom. The van der Waals surface area contributed by atoms with E-state index in [0.717, 1.165) is 63.7 Å². The van der Waals surface area contributed by atoms with Gasteiger partial charge in [-0.2, -0.15) is 0 Å². The summed E-state index contributed by atoms with van der Waals surface area (Å²) in [6, 6.07) is 3.65. The van der Waals surface area contributed by atoms with Crippen molar-refractivity contribution in [3.63, 3.8) is 0 Å². The van der Waals surface area contributed by atoms with Crippen LogP contribution in [0.4, 0.5) is 8.78 Å². The molecule has 0 bridgehead atoms. The van der Waals surface area contributed by atoms with Gasteiger partial charge in [0, 0.05) is 24.1 Å². The summed E-state index contributed by atoms with van der Waals surface area (Å²) in [6.07, 6.45) is 5.79. The number of piperidine rings is 1. The van der Waals surface area contributed by atoms with E-state index in [2.05, 4.69) is 5.32 Å². The van der Waals surface area contributed by atoms with E-state index in [4.69, 9.17) is 0 Å². The Hall–Kier alpha value is -1.20. The molecule has 2 fully saturated rings. The molecular weight excluding hydrogens is 334 g/mol. The minimum Gasteiger partial charge on any atom is -0.335 e. The molecule has 24 heavy (non-hydrogen) atoms. The van der Waals surface area contributed by atoms with Gasteiger partial charge in [-0.05, 0) is 57.0 Å². The Kier molecular flexibility index (Phi) is 6.99. The minimum absolute atomic E-state index is 0. The zero-order valence-electron chi connectivity index (χ0n) is 13.8. The molecule has 6 heteroatoms. The third kappa shape index (κ3) is 4.45. The Bertz CT molecular complexity index is 558. The van der Waals surface area contributed by atoms with Crippen LogP contribution in [0.1, 0.15) is 44.1 Å². The molecule has 1 aliphatic heterocycles. The zero-order chi connectivity index (χ0) is 16.2. The van der Waals surface area contributed by atoms with Gasteiger partial charge in [-0.25, -0.2) is 8.78 Å². The van der Waals surface area contributed by atoms with Crippen molar-refractivity contribution >= 4 is 18.3 Å². The molecule has 1 aromatic carbocycles. The van der Waals surface area contributed by atoms with E-state index in [0.29, 0.717) is 0 Å². The fourth-order valence-electron chi connectivity index (χ4n) is 3.75. The van der Waals surface area contributed by atoms with Crippen molar-refractivity contribution in [2.24, 2.45) is 5.92 Å². The first kappa shape index (κ1) is 19.1. The van der Waals surface area contributed by atoms with Crippen molar-refractivity contribution in [1.82, 2.24) is 10.2 Å². The van der Waals surface area contributed by atoms with Gasteiger partial charge in [0.15, 0.2) is 0 Å². The van der Waals surface area contributed by atoms with Gasteiger partial charge < -0.3 is 10.2 Å². The van der Waals surface area contributed by atoms with Gasteiger partial charge in [0.1, 0.15) is 11.6 Å². The molecule has 0 spiro atoms. The number of hydrogen-bond donors (Lipinski definition) is 1. The van der Waals surface area contributed by atoms with Crippen LogP contribution in [0.15, 0.2) is 18.2 Å². The molecule has 0 radical (unpaired) electrons. The number of nitrogens with one attached hydrogen (secondary N) is 1. The summed E-state index contributed by atoms with van der Waals surface area (Å²) in [4.78, 5) is 14.8. The van der Waals surface area contributed by atoms with E-state index < -0.39 is 11.6 Å². The SMILES string of the molecule is Cl.O=C(C1CCNCC1)N(Cc1cc(F)ccc1F)C1CCCC1. The highest BCUT2D eigenvalue weighted by Crippen LogP contribution is 2.28. The summed E-state index contributed by atoms with van der Waals surface area (Å²) in [6.45, 7) is 1.88. The highest BCUT2D eigenvalue weighted by molar-refractivity contribution is 5.85. The molecule has 1 amide bonds. The smallest absolute Gasteiger partial charge is 0.226 e. The maximum Gasteiger partial charge on any atom is 0.226 e. The second-order valence-corrected chi connectivity index (χ2v) is 6.66. The molecule has 1 aromatic rings. The van der Waals surface area contributed by atoms with E-state index in [-0.39, 0.29) is 42.4 Å². The Morgan fingerprint density at radius 3 is 2.46 bits per heavy atom. The maximum absolute atomic E-state index is 14.0. The lowest BCUT2D eigenvalue weighted by molar-refractivity contribution is -0.139. The summed E-state index contributed by atoms with van der Waals surface area (Å²) in [5, 5.41) is 3.26. The van der Waals surface area contributed by atoms with Crippen LogP contribution < -0.4 is 5.32 Å². The van der Waals surface area contributed by atoms with Crippen LogP contribution in [-0.2, 0) is 11.3 Å². The summed E-state index contributed by atoms with van der Waals surface area (Å²) in [5.41, 5.74) is 0.277. The molecule has 2 aliphatic rings. The Balaban J connectivity index is 0.00000208. The second-order valence-electron chi connectivity index (χ2n) is 6.66. The number of rotatable bonds is 4. The van der Waals surface area contributed by atoms with Crippen molar-refractivity contribution in [3.05, 3.63) is 35.4 Å². The number of halogens is 3. The number of carbonyl (C=O) groups is 1. The predicted octanol–water partition coefficient (Wildman–Crippen LogP) is 3.66. The van der Waals surface area contributed by atoms with Gasteiger partial charge in [-0.15, -0.1) is 12.4 Å². The summed E-state index contributed by atoms with van der Waals surface area (Å²) < 4.78 is 27.5. The number of benzene rings is 1. The quantitative estimate of drug-likeness (QED) is 0.890. The number of amides is 1. The average Bonchev–Trinajstić information content (AvgIpc) is 3.10. The molecule has 0 aromatic heterocycles. The molecule has 1 saturated heterocycles. The van der Waals surface area contributed by atoms with Crippen LogP contribution >= 0.6 is 12.4 Å². The molecule has 134 valence electrons. The van der Waals surface area contributed by atoms with Crippen molar-refractivity contribution in [2.75, 3.05) is 13.1 Å². The van der Waals surface area contributed by atoms with Crippen molar-refractivity contribution in [1.29, 1.82) is 0 Å². The van der Waals surface area contributed by atoms with E-state index in [1.807, 2.05) is 4.90 Å². The summed E-state index contributed by atoms with van der Waals surface area (Å²) in [5.74, 6) is -0.773. The van der Waals surface area contributed by atoms with Crippen LogP contribution in [0, 0.1) is 17.6 Å². The zero-order valence-corrected chi connectivity index (χ0v) is 14.6. The molecule has 3 nitrogen and oxygen atoms in total. The first-order valence-corrected chi connectivity index (χ1v) is 8.60. The fraction of sp³-hybridized carbons (Fsp3) is 0.611. The molecule has 1 aliphatic carbocycles. The molecular formula is C18H25ClF2N2O. The minimum atomic E-state index is -0.456. The van der Waals surface area contributed by atoms with Crippen molar-refractivity contribution < 1.29 is 13.6 Å². The van der Waals surface area contributed by atoms with E-state index in [1.54, 1.807) is 0 Å². The van der Waals surface area contributed by atoms with Crippen LogP contribution in [0.2, 0.25) is 0 Å². The number of hydrogen-bond acceptors (Lipinski definition) is 2. The van der Waals surface area contributed by atoms with Crippen LogP contribution in [0.25, 0.3) is 0 Å². The first-order valence-electron chi connectivity index (χ1n) is 8.60. The van der Waals surface area contributed by atoms with Crippen LogP contribution in [-0.4, -0.2) is 29.9 Å². The predicted molar refractivity (Wildman–Crippen MR) is 92.0 cm³/mol. The number of carbonyl (C=O) groups excluding carboxylic acids is 1. The van der Waals surface area contributed by atoms with Crippen molar-refractivity contribution in [2.45, 2.75) is 51.1 Å². The fourth-order valence-corrected chi connectivity index (χ4v) is 3.75. The van der Waals surface area contributed by atoms with Gasteiger partial charge >= 0.3 is 0 Å². The van der Waals surface area contributed by atoms with Gasteiger partial charge in [0.2, 0.25) is 5.91 Å².